The maximum atomic E-state index is 12.2. The van der Waals surface area contributed by atoms with Crippen LogP contribution in [0.1, 0.15) is 6.42 Å². The summed E-state index contributed by atoms with van der Waals surface area (Å²) in [6.45, 7) is 2.93. The first kappa shape index (κ1) is 12.8. The molecule has 0 aromatic rings. The van der Waals surface area contributed by atoms with Gasteiger partial charge >= 0.3 is 6.03 Å². The van der Waals surface area contributed by atoms with Gasteiger partial charge in [0.25, 0.3) is 0 Å². The zero-order chi connectivity index (χ0) is 13.3. The van der Waals surface area contributed by atoms with Gasteiger partial charge in [-0.05, 0) is 7.05 Å². The number of nitrogens with zero attached hydrogens (tertiary/aromatic N) is 3. The minimum absolute atomic E-state index is 0.0490. The highest BCUT2D eigenvalue weighted by Crippen LogP contribution is 2.10. The number of hydrogen-bond donors (Lipinski definition) is 1. The molecule has 7 heteroatoms. The molecule has 1 unspecified atom stereocenters. The Labute approximate surface area is 106 Å². The molecule has 0 spiro atoms. The van der Waals surface area contributed by atoms with Crippen LogP contribution in [0.3, 0.4) is 0 Å². The predicted octanol–water partition coefficient (Wildman–Crippen LogP) is -1.30. The van der Waals surface area contributed by atoms with Gasteiger partial charge in [-0.3, -0.25) is 14.5 Å². The molecule has 18 heavy (non-hydrogen) atoms. The summed E-state index contributed by atoms with van der Waals surface area (Å²) in [6, 6.07) is -1.21. The third-order valence-electron chi connectivity index (χ3n) is 3.47. The van der Waals surface area contributed by atoms with Crippen molar-refractivity contribution in [1.29, 1.82) is 0 Å². The third-order valence-corrected chi connectivity index (χ3v) is 3.47. The summed E-state index contributed by atoms with van der Waals surface area (Å²) in [7, 11) is 3.41. The fourth-order valence-corrected chi connectivity index (χ4v) is 2.12. The molecule has 2 rings (SSSR count). The minimum atomic E-state index is -0.704. The first-order valence-electron chi connectivity index (χ1n) is 6.03. The molecule has 0 radical (unpaired) electrons. The Morgan fingerprint density at radius 3 is 2.33 bits per heavy atom. The second kappa shape index (κ2) is 4.93. The van der Waals surface area contributed by atoms with Crippen molar-refractivity contribution in [3.05, 3.63) is 0 Å². The summed E-state index contributed by atoms with van der Waals surface area (Å²) in [5.74, 6) is -0.468. The normalized spacial score (nSPS) is 26.2. The molecule has 2 saturated heterocycles. The number of likely N-dealkylation sites (N-methyl/N-ethyl adjacent to an activating group) is 1. The SMILES string of the molecule is CN1CCN(C(=O)C2CC(=O)N(C)C(=O)N2)CC1. The maximum Gasteiger partial charge on any atom is 0.324 e. The van der Waals surface area contributed by atoms with Gasteiger partial charge in [0.15, 0.2) is 0 Å². The van der Waals surface area contributed by atoms with Crippen LogP contribution in [0.4, 0.5) is 4.79 Å². The molecular weight excluding hydrogens is 236 g/mol. The number of carbonyl (C=O) groups excluding carboxylic acids is 3. The molecule has 2 heterocycles. The van der Waals surface area contributed by atoms with E-state index >= 15 is 0 Å². The second-order valence-corrected chi connectivity index (χ2v) is 4.79. The smallest absolute Gasteiger partial charge is 0.324 e. The van der Waals surface area contributed by atoms with E-state index in [-0.39, 0.29) is 18.2 Å². The number of piperazine rings is 1. The van der Waals surface area contributed by atoms with Crippen LogP contribution in [0.5, 0.6) is 0 Å². The monoisotopic (exact) mass is 254 g/mol. The van der Waals surface area contributed by atoms with Crippen LogP contribution >= 0.6 is 0 Å². The minimum Gasteiger partial charge on any atom is -0.338 e. The average molecular weight is 254 g/mol. The largest absolute Gasteiger partial charge is 0.338 e. The molecule has 2 fully saturated rings. The Balaban J connectivity index is 1.97. The Morgan fingerprint density at radius 2 is 1.78 bits per heavy atom. The molecule has 0 aromatic heterocycles. The maximum absolute atomic E-state index is 12.2. The number of imide groups is 1. The number of nitrogens with one attached hydrogen (secondary N) is 1. The van der Waals surface area contributed by atoms with Gasteiger partial charge < -0.3 is 15.1 Å². The number of rotatable bonds is 1. The van der Waals surface area contributed by atoms with E-state index in [9.17, 15) is 14.4 Å². The first-order valence-corrected chi connectivity index (χ1v) is 6.03. The van der Waals surface area contributed by atoms with Crippen molar-refractivity contribution in [2.45, 2.75) is 12.5 Å². The molecule has 7 nitrogen and oxygen atoms in total. The van der Waals surface area contributed by atoms with Crippen molar-refractivity contribution in [2.75, 3.05) is 40.3 Å². The highest BCUT2D eigenvalue weighted by atomic mass is 16.2. The topological polar surface area (TPSA) is 73.0 Å². The van der Waals surface area contributed by atoms with E-state index in [1.54, 1.807) is 4.90 Å². The summed E-state index contributed by atoms with van der Waals surface area (Å²) >= 11 is 0. The zero-order valence-corrected chi connectivity index (χ0v) is 10.7. The van der Waals surface area contributed by atoms with Gasteiger partial charge in [-0.15, -0.1) is 0 Å². The van der Waals surface area contributed by atoms with E-state index in [0.29, 0.717) is 13.1 Å². The van der Waals surface area contributed by atoms with Gasteiger partial charge in [0.05, 0.1) is 6.42 Å². The Kier molecular flexibility index (Phi) is 3.51. The second-order valence-electron chi connectivity index (χ2n) is 4.79. The van der Waals surface area contributed by atoms with Crippen molar-refractivity contribution < 1.29 is 14.4 Å². The molecule has 1 N–H and O–H groups in total. The van der Waals surface area contributed by atoms with Crippen LogP contribution < -0.4 is 5.32 Å². The number of carbonyl (C=O) groups is 3. The van der Waals surface area contributed by atoms with Gasteiger partial charge in [-0.25, -0.2) is 4.79 Å². The van der Waals surface area contributed by atoms with Crippen molar-refractivity contribution in [1.82, 2.24) is 20.0 Å². The van der Waals surface area contributed by atoms with E-state index in [4.69, 9.17) is 0 Å². The van der Waals surface area contributed by atoms with E-state index in [1.165, 1.54) is 7.05 Å². The molecule has 0 aliphatic carbocycles. The molecule has 2 aliphatic heterocycles. The first-order chi connectivity index (χ1) is 8.49. The zero-order valence-electron chi connectivity index (χ0n) is 10.7. The quantitative estimate of drug-likeness (QED) is 0.631. The fourth-order valence-electron chi connectivity index (χ4n) is 2.12. The van der Waals surface area contributed by atoms with Crippen LogP contribution in [0.2, 0.25) is 0 Å². The van der Waals surface area contributed by atoms with Crippen molar-refractivity contribution in [3.63, 3.8) is 0 Å². The Morgan fingerprint density at radius 1 is 1.17 bits per heavy atom. The number of hydrogen-bond acceptors (Lipinski definition) is 4. The molecule has 2 aliphatic rings. The highest BCUT2D eigenvalue weighted by molar-refractivity contribution is 6.02. The van der Waals surface area contributed by atoms with Gasteiger partial charge in [0.2, 0.25) is 11.8 Å². The lowest BCUT2D eigenvalue weighted by Gasteiger charge is -2.36. The molecule has 0 aromatic carbocycles. The van der Waals surface area contributed by atoms with Gasteiger partial charge in [0, 0.05) is 33.2 Å². The summed E-state index contributed by atoms with van der Waals surface area (Å²) in [5, 5.41) is 2.57. The fraction of sp³-hybridized carbons (Fsp3) is 0.727. The Bertz CT molecular complexity index is 358. The van der Waals surface area contributed by atoms with E-state index in [1.807, 2.05) is 7.05 Å². The van der Waals surface area contributed by atoms with E-state index in [0.717, 1.165) is 18.0 Å². The molecule has 1 atom stereocenters. The van der Waals surface area contributed by atoms with Crippen LogP contribution in [0.15, 0.2) is 0 Å². The Hall–Kier alpha value is -1.63. The van der Waals surface area contributed by atoms with Gasteiger partial charge in [-0.1, -0.05) is 0 Å². The predicted molar refractivity (Wildman–Crippen MR) is 63.8 cm³/mol. The van der Waals surface area contributed by atoms with Gasteiger partial charge in [0.1, 0.15) is 6.04 Å². The molecular formula is C11H18N4O3. The average Bonchev–Trinajstić information content (AvgIpc) is 2.35. The standard InChI is InChI=1S/C11H18N4O3/c1-13-3-5-15(6-4-13)10(17)8-7-9(16)14(2)11(18)12-8/h8H,3-7H2,1-2H3,(H,12,18). The number of urea groups is 1. The molecule has 0 saturated carbocycles. The summed E-state index contributed by atoms with van der Waals surface area (Å²) in [4.78, 5) is 40.0. The van der Waals surface area contributed by atoms with Crippen molar-refractivity contribution in [3.8, 4) is 0 Å². The van der Waals surface area contributed by atoms with Crippen LogP contribution in [0.25, 0.3) is 0 Å². The lowest BCUT2D eigenvalue weighted by atomic mass is 10.1. The third kappa shape index (κ3) is 2.45. The highest BCUT2D eigenvalue weighted by Gasteiger charge is 2.36. The van der Waals surface area contributed by atoms with E-state index < -0.39 is 12.1 Å². The van der Waals surface area contributed by atoms with E-state index in [2.05, 4.69) is 10.2 Å². The molecule has 4 amide bonds. The van der Waals surface area contributed by atoms with Crippen LogP contribution in [-0.2, 0) is 9.59 Å². The molecule has 0 bridgehead atoms. The number of amides is 4. The summed E-state index contributed by atoms with van der Waals surface area (Å²) < 4.78 is 0. The van der Waals surface area contributed by atoms with Crippen molar-refractivity contribution >= 4 is 17.8 Å². The summed E-state index contributed by atoms with van der Waals surface area (Å²) in [5.41, 5.74) is 0. The van der Waals surface area contributed by atoms with Crippen LogP contribution in [-0.4, -0.2) is 78.9 Å². The lowest BCUT2D eigenvalue weighted by Crippen LogP contribution is -2.60. The van der Waals surface area contributed by atoms with Gasteiger partial charge in [-0.2, -0.15) is 0 Å². The molecule has 100 valence electrons. The van der Waals surface area contributed by atoms with Crippen LogP contribution in [0, 0.1) is 0 Å². The van der Waals surface area contributed by atoms with Crippen molar-refractivity contribution in [2.24, 2.45) is 0 Å². The lowest BCUT2D eigenvalue weighted by molar-refractivity contribution is -0.140. The summed E-state index contributed by atoms with van der Waals surface area (Å²) in [6.07, 6.45) is 0.0490.